The lowest BCUT2D eigenvalue weighted by Gasteiger charge is -2.12. The van der Waals surface area contributed by atoms with E-state index in [0.717, 1.165) is 5.56 Å². The fraction of sp³-hybridized carbons (Fsp3) is 0.211. The van der Waals surface area contributed by atoms with E-state index in [2.05, 4.69) is 5.32 Å². The molecule has 0 aromatic heterocycles. The van der Waals surface area contributed by atoms with Crippen LogP contribution in [0.1, 0.15) is 12.5 Å². The van der Waals surface area contributed by atoms with Gasteiger partial charge in [-0.25, -0.2) is 4.39 Å². The van der Waals surface area contributed by atoms with Crippen LogP contribution in [0.5, 0.6) is 5.75 Å². The summed E-state index contributed by atoms with van der Waals surface area (Å²) >= 11 is 6.13. The van der Waals surface area contributed by atoms with Gasteiger partial charge in [0.2, 0.25) is 5.91 Å². The summed E-state index contributed by atoms with van der Waals surface area (Å²) in [6, 6.07) is 11.2. The van der Waals surface area contributed by atoms with E-state index in [9.17, 15) is 9.18 Å². The number of rotatable bonds is 7. The minimum absolute atomic E-state index is 0.254. The first-order valence-electron chi connectivity index (χ1n) is 7.66. The van der Waals surface area contributed by atoms with Crippen molar-refractivity contribution in [3.05, 3.63) is 64.9 Å². The fourth-order valence-corrected chi connectivity index (χ4v) is 2.47. The van der Waals surface area contributed by atoms with Crippen LogP contribution in [0.25, 0.3) is 5.57 Å². The second-order valence-corrected chi connectivity index (χ2v) is 5.69. The molecule has 6 heteroatoms. The molecule has 4 nitrogen and oxygen atoms in total. The van der Waals surface area contributed by atoms with Crippen LogP contribution in [-0.4, -0.2) is 26.2 Å². The molecule has 1 N–H and O–H groups in total. The normalized spacial score (nSPS) is 11.3. The topological polar surface area (TPSA) is 47.6 Å². The van der Waals surface area contributed by atoms with E-state index in [0.29, 0.717) is 29.6 Å². The van der Waals surface area contributed by atoms with Gasteiger partial charge in [-0.15, -0.1) is 0 Å². The van der Waals surface area contributed by atoms with Gasteiger partial charge in [0, 0.05) is 24.3 Å². The van der Waals surface area contributed by atoms with Crippen LogP contribution in [0.4, 0.5) is 10.1 Å². The third-order valence-electron chi connectivity index (χ3n) is 3.39. The third kappa shape index (κ3) is 5.59. The molecular weight excluding hydrogens is 345 g/mol. The minimum atomic E-state index is -0.471. The Hall–Kier alpha value is -2.37. The van der Waals surface area contributed by atoms with E-state index in [-0.39, 0.29) is 5.69 Å². The summed E-state index contributed by atoms with van der Waals surface area (Å²) in [5.41, 5.74) is 1.71. The van der Waals surface area contributed by atoms with Crippen molar-refractivity contribution in [2.24, 2.45) is 0 Å². The van der Waals surface area contributed by atoms with Crippen molar-refractivity contribution in [3.8, 4) is 5.75 Å². The molecule has 132 valence electrons. The van der Waals surface area contributed by atoms with Crippen LogP contribution in [0.2, 0.25) is 5.02 Å². The first kappa shape index (κ1) is 19.0. The lowest BCUT2D eigenvalue weighted by molar-refractivity contribution is -0.111. The molecule has 0 aliphatic heterocycles. The number of nitrogens with one attached hydrogen (secondary N) is 1. The van der Waals surface area contributed by atoms with Crippen LogP contribution in [0, 0.1) is 5.82 Å². The van der Waals surface area contributed by atoms with Gasteiger partial charge < -0.3 is 14.8 Å². The summed E-state index contributed by atoms with van der Waals surface area (Å²) in [5.74, 6) is -0.503. The molecule has 0 spiro atoms. The standard InChI is InChI=1S/C19H19ClFNO3/c1-13(15-5-3-4-6-16(15)20)11-19(23)22-17-12-14(21)7-8-18(17)25-10-9-24-2/h3-8,11-12H,9-10H2,1-2H3,(H,22,23)/b13-11-. The van der Waals surface area contributed by atoms with E-state index in [1.165, 1.54) is 24.3 Å². The number of ether oxygens (including phenoxy) is 2. The van der Waals surface area contributed by atoms with Gasteiger partial charge in [0.25, 0.3) is 0 Å². The molecule has 25 heavy (non-hydrogen) atoms. The molecule has 0 aliphatic rings. The molecular formula is C19H19ClFNO3. The zero-order valence-corrected chi connectivity index (χ0v) is 14.8. The van der Waals surface area contributed by atoms with E-state index in [1.54, 1.807) is 20.1 Å². The van der Waals surface area contributed by atoms with Crippen LogP contribution in [0.3, 0.4) is 0 Å². The largest absolute Gasteiger partial charge is 0.489 e. The average Bonchev–Trinajstić information content (AvgIpc) is 2.57. The van der Waals surface area contributed by atoms with Crippen molar-refractivity contribution >= 4 is 28.8 Å². The Bertz CT molecular complexity index is 777. The molecule has 0 unspecified atom stereocenters. The Morgan fingerprint density at radius 1 is 1.24 bits per heavy atom. The van der Waals surface area contributed by atoms with Gasteiger partial charge in [-0.05, 0) is 36.3 Å². The predicted octanol–water partition coefficient (Wildman–Crippen LogP) is 4.55. The maximum atomic E-state index is 13.5. The van der Waals surface area contributed by atoms with Crippen LogP contribution in [-0.2, 0) is 9.53 Å². The molecule has 0 heterocycles. The highest BCUT2D eigenvalue weighted by atomic mass is 35.5. The van der Waals surface area contributed by atoms with E-state index in [1.807, 2.05) is 18.2 Å². The quantitative estimate of drug-likeness (QED) is 0.580. The van der Waals surface area contributed by atoms with Crippen molar-refractivity contribution in [2.45, 2.75) is 6.92 Å². The lowest BCUT2D eigenvalue weighted by atomic mass is 10.1. The number of carbonyl (C=O) groups is 1. The van der Waals surface area contributed by atoms with Crippen LogP contribution < -0.4 is 10.1 Å². The number of halogens is 2. The van der Waals surface area contributed by atoms with Gasteiger partial charge in [-0.1, -0.05) is 29.8 Å². The van der Waals surface area contributed by atoms with Crippen molar-refractivity contribution in [3.63, 3.8) is 0 Å². The second-order valence-electron chi connectivity index (χ2n) is 5.28. The highest BCUT2D eigenvalue weighted by Gasteiger charge is 2.10. The average molecular weight is 364 g/mol. The number of benzene rings is 2. The molecule has 1 amide bonds. The predicted molar refractivity (Wildman–Crippen MR) is 97.5 cm³/mol. The van der Waals surface area contributed by atoms with Gasteiger partial charge in [0.1, 0.15) is 18.2 Å². The molecule has 2 aromatic rings. The number of allylic oxidation sites excluding steroid dienone is 1. The Balaban J connectivity index is 2.15. The van der Waals surface area contributed by atoms with E-state index < -0.39 is 11.7 Å². The molecule has 0 radical (unpaired) electrons. The monoisotopic (exact) mass is 363 g/mol. The number of hydrogen-bond acceptors (Lipinski definition) is 3. The van der Waals surface area contributed by atoms with Gasteiger partial charge in [0.15, 0.2) is 0 Å². The van der Waals surface area contributed by atoms with E-state index >= 15 is 0 Å². The highest BCUT2D eigenvalue weighted by Crippen LogP contribution is 2.26. The first-order chi connectivity index (χ1) is 12.0. The highest BCUT2D eigenvalue weighted by molar-refractivity contribution is 6.32. The molecule has 0 atom stereocenters. The van der Waals surface area contributed by atoms with E-state index in [4.69, 9.17) is 21.1 Å². The third-order valence-corrected chi connectivity index (χ3v) is 3.72. The van der Waals surface area contributed by atoms with Gasteiger partial charge in [-0.3, -0.25) is 4.79 Å². The van der Waals surface area contributed by atoms with Crippen molar-refractivity contribution in [1.29, 1.82) is 0 Å². The summed E-state index contributed by atoms with van der Waals surface area (Å²) < 4.78 is 23.9. The Morgan fingerprint density at radius 2 is 2.00 bits per heavy atom. The zero-order chi connectivity index (χ0) is 18.2. The lowest BCUT2D eigenvalue weighted by Crippen LogP contribution is -2.12. The first-order valence-corrected chi connectivity index (χ1v) is 8.04. The molecule has 0 bridgehead atoms. The van der Waals surface area contributed by atoms with Crippen molar-refractivity contribution in [1.82, 2.24) is 0 Å². The fourth-order valence-electron chi connectivity index (χ4n) is 2.18. The Kier molecular flexibility index (Phi) is 6.98. The maximum Gasteiger partial charge on any atom is 0.248 e. The SMILES string of the molecule is COCCOc1ccc(F)cc1NC(=O)/C=C(/C)c1ccccc1Cl. The molecule has 2 aromatic carbocycles. The Labute approximate surface area is 151 Å². The summed E-state index contributed by atoms with van der Waals surface area (Å²) in [4.78, 5) is 12.3. The number of hydrogen-bond donors (Lipinski definition) is 1. The smallest absolute Gasteiger partial charge is 0.248 e. The molecule has 0 saturated heterocycles. The molecule has 0 aliphatic carbocycles. The number of amides is 1. The van der Waals surface area contributed by atoms with Gasteiger partial charge in [0.05, 0.1) is 12.3 Å². The van der Waals surface area contributed by atoms with Gasteiger partial charge >= 0.3 is 0 Å². The minimum Gasteiger partial charge on any atom is -0.489 e. The van der Waals surface area contributed by atoms with Crippen LogP contribution >= 0.6 is 11.6 Å². The molecule has 0 saturated carbocycles. The maximum absolute atomic E-state index is 13.5. The second kappa shape index (κ2) is 9.20. The number of anilines is 1. The summed E-state index contributed by atoms with van der Waals surface area (Å²) in [6.07, 6.45) is 1.41. The van der Waals surface area contributed by atoms with Crippen molar-refractivity contribution < 1.29 is 18.7 Å². The number of methoxy groups -OCH3 is 1. The van der Waals surface area contributed by atoms with Crippen molar-refractivity contribution in [2.75, 3.05) is 25.6 Å². The molecule has 0 fully saturated rings. The Morgan fingerprint density at radius 3 is 2.72 bits per heavy atom. The zero-order valence-electron chi connectivity index (χ0n) is 14.0. The molecule has 2 rings (SSSR count). The number of carbonyl (C=O) groups excluding carboxylic acids is 1. The summed E-state index contributed by atoms with van der Waals surface area (Å²) in [5, 5.41) is 3.19. The summed E-state index contributed by atoms with van der Waals surface area (Å²) in [7, 11) is 1.55. The van der Waals surface area contributed by atoms with Gasteiger partial charge in [-0.2, -0.15) is 0 Å². The summed E-state index contributed by atoms with van der Waals surface area (Å²) in [6.45, 7) is 2.46. The van der Waals surface area contributed by atoms with Crippen LogP contribution in [0.15, 0.2) is 48.5 Å².